The molecule has 0 saturated carbocycles. The Hall–Kier alpha value is -2.30. The van der Waals surface area contributed by atoms with Crippen molar-refractivity contribution in [2.45, 2.75) is 6.54 Å². The quantitative estimate of drug-likeness (QED) is 0.379. The normalized spacial score (nSPS) is 14.9. The number of imide groups is 1. The predicted octanol–water partition coefficient (Wildman–Crippen LogP) is 5.90. The van der Waals surface area contributed by atoms with Crippen molar-refractivity contribution in [1.29, 1.82) is 0 Å². The van der Waals surface area contributed by atoms with Gasteiger partial charge in [-0.3, -0.25) is 14.5 Å². The molecule has 1 heterocycles. The molecule has 0 radical (unpaired) electrons. The SMILES string of the molecule is C#CCOc1c(Cl)cc(/C=C2\SC(=O)N(Cc3ccc(Cl)c(Cl)c3)C2=O)cc1OC. The van der Waals surface area contributed by atoms with Crippen LogP contribution in [0.25, 0.3) is 6.08 Å². The lowest BCUT2D eigenvalue weighted by molar-refractivity contribution is -0.123. The van der Waals surface area contributed by atoms with Crippen LogP contribution in [-0.4, -0.2) is 29.8 Å². The van der Waals surface area contributed by atoms with Crippen LogP contribution in [0.15, 0.2) is 35.2 Å². The van der Waals surface area contributed by atoms with Crippen molar-refractivity contribution in [3.05, 3.63) is 61.4 Å². The molecule has 1 aliphatic heterocycles. The molecule has 0 bridgehead atoms. The Morgan fingerprint density at radius 3 is 2.57 bits per heavy atom. The van der Waals surface area contributed by atoms with E-state index in [0.29, 0.717) is 32.7 Å². The number of carbonyl (C=O) groups is 2. The summed E-state index contributed by atoms with van der Waals surface area (Å²) in [5.41, 5.74) is 1.26. The van der Waals surface area contributed by atoms with E-state index in [1.807, 2.05) is 0 Å². The molecule has 2 amide bonds. The first-order valence-corrected chi connectivity index (χ1v) is 10.4. The Morgan fingerprint density at radius 2 is 1.90 bits per heavy atom. The van der Waals surface area contributed by atoms with Crippen molar-refractivity contribution >= 4 is 63.8 Å². The molecule has 1 saturated heterocycles. The van der Waals surface area contributed by atoms with Gasteiger partial charge in [-0.2, -0.15) is 0 Å². The summed E-state index contributed by atoms with van der Waals surface area (Å²) in [5, 5.41) is 0.635. The summed E-state index contributed by atoms with van der Waals surface area (Å²) < 4.78 is 10.7. The predicted molar refractivity (Wildman–Crippen MR) is 120 cm³/mol. The number of rotatable bonds is 6. The molecule has 154 valence electrons. The second-order valence-electron chi connectivity index (χ2n) is 6.04. The lowest BCUT2D eigenvalue weighted by Crippen LogP contribution is -2.27. The van der Waals surface area contributed by atoms with Crippen LogP contribution in [0.2, 0.25) is 15.1 Å². The first-order valence-electron chi connectivity index (χ1n) is 8.47. The Labute approximate surface area is 192 Å². The van der Waals surface area contributed by atoms with E-state index in [0.717, 1.165) is 16.7 Å². The van der Waals surface area contributed by atoms with Gasteiger partial charge in [0.25, 0.3) is 11.1 Å². The zero-order valence-corrected chi connectivity index (χ0v) is 18.7. The maximum atomic E-state index is 12.8. The third-order valence-electron chi connectivity index (χ3n) is 4.05. The summed E-state index contributed by atoms with van der Waals surface area (Å²) in [6.45, 7) is 0.116. The van der Waals surface area contributed by atoms with E-state index >= 15 is 0 Å². The fourth-order valence-electron chi connectivity index (χ4n) is 2.69. The highest BCUT2D eigenvalue weighted by atomic mass is 35.5. The van der Waals surface area contributed by atoms with E-state index in [9.17, 15) is 9.59 Å². The van der Waals surface area contributed by atoms with E-state index in [1.54, 1.807) is 36.4 Å². The first-order chi connectivity index (χ1) is 14.3. The highest BCUT2D eigenvalue weighted by Crippen LogP contribution is 2.39. The van der Waals surface area contributed by atoms with Gasteiger partial charge in [-0.1, -0.05) is 46.8 Å². The van der Waals surface area contributed by atoms with E-state index in [4.69, 9.17) is 50.7 Å². The molecule has 0 aromatic heterocycles. The number of methoxy groups -OCH3 is 1. The van der Waals surface area contributed by atoms with E-state index < -0.39 is 5.91 Å². The Morgan fingerprint density at radius 1 is 1.13 bits per heavy atom. The van der Waals surface area contributed by atoms with Crippen molar-refractivity contribution in [3.63, 3.8) is 0 Å². The van der Waals surface area contributed by atoms with Crippen LogP contribution in [0.1, 0.15) is 11.1 Å². The molecular weight excluding hydrogens is 469 g/mol. The maximum absolute atomic E-state index is 12.8. The first kappa shape index (κ1) is 22.4. The second-order valence-corrected chi connectivity index (χ2v) is 8.26. The third-order valence-corrected chi connectivity index (χ3v) is 5.97. The molecule has 2 aromatic carbocycles. The molecule has 9 heteroatoms. The van der Waals surface area contributed by atoms with E-state index in [-0.39, 0.29) is 28.3 Å². The summed E-state index contributed by atoms with van der Waals surface area (Å²) in [6.07, 6.45) is 6.78. The van der Waals surface area contributed by atoms with Gasteiger partial charge in [-0.15, -0.1) is 6.42 Å². The molecule has 3 rings (SSSR count). The topological polar surface area (TPSA) is 55.8 Å². The minimum absolute atomic E-state index is 0.0308. The van der Waals surface area contributed by atoms with Gasteiger partial charge in [0.2, 0.25) is 0 Å². The van der Waals surface area contributed by atoms with Gasteiger partial charge in [0, 0.05) is 0 Å². The van der Waals surface area contributed by atoms with Gasteiger partial charge in [0.15, 0.2) is 11.5 Å². The Kier molecular flexibility index (Phi) is 7.22. The summed E-state index contributed by atoms with van der Waals surface area (Å²) >= 11 is 19.0. The van der Waals surface area contributed by atoms with Crippen LogP contribution in [0, 0.1) is 12.3 Å². The zero-order chi connectivity index (χ0) is 21.8. The molecule has 0 unspecified atom stereocenters. The third kappa shape index (κ3) is 4.88. The fraction of sp³-hybridized carbons (Fsp3) is 0.143. The summed E-state index contributed by atoms with van der Waals surface area (Å²) in [4.78, 5) is 26.6. The number of hydrogen-bond donors (Lipinski definition) is 0. The van der Waals surface area contributed by atoms with E-state index in [2.05, 4.69) is 5.92 Å². The number of hydrogen-bond acceptors (Lipinski definition) is 5. The highest BCUT2D eigenvalue weighted by molar-refractivity contribution is 8.18. The van der Waals surface area contributed by atoms with Crippen molar-refractivity contribution in [2.75, 3.05) is 13.7 Å². The van der Waals surface area contributed by atoms with Gasteiger partial charge in [0.1, 0.15) is 6.61 Å². The minimum atomic E-state index is -0.418. The molecule has 0 atom stereocenters. The average Bonchev–Trinajstić information content (AvgIpc) is 2.97. The van der Waals surface area contributed by atoms with Crippen LogP contribution < -0.4 is 9.47 Å². The number of halogens is 3. The van der Waals surface area contributed by atoms with Crippen molar-refractivity contribution in [3.8, 4) is 23.8 Å². The van der Waals surface area contributed by atoms with Crippen LogP contribution in [0.5, 0.6) is 11.5 Å². The van der Waals surface area contributed by atoms with Crippen molar-refractivity contribution in [1.82, 2.24) is 4.90 Å². The maximum Gasteiger partial charge on any atom is 0.293 e. The molecule has 2 aromatic rings. The highest BCUT2D eigenvalue weighted by Gasteiger charge is 2.35. The Balaban J connectivity index is 1.85. The number of ether oxygens (including phenoxy) is 2. The van der Waals surface area contributed by atoms with E-state index in [1.165, 1.54) is 7.11 Å². The molecule has 1 fully saturated rings. The van der Waals surface area contributed by atoms with Gasteiger partial charge >= 0.3 is 0 Å². The Bertz CT molecular complexity index is 1090. The molecule has 30 heavy (non-hydrogen) atoms. The standard InChI is InChI=1S/C21H14Cl3NO4S/c1-3-6-29-19-16(24)8-13(9-17(19)28-2)10-18-20(26)25(21(27)30-18)11-12-4-5-14(22)15(23)7-12/h1,4-5,7-10H,6,11H2,2H3/b18-10-. The minimum Gasteiger partial charge on any atom is -0.493 e. The van der Waals surface area contributed by atoms with Gasteiger partial charge in [-0.25, -0.2) is 0 Å². The second kappa shape index (κ2) is 9.67. The lowest BCUT2D eigenvalue weighted by Gasteiger charge is -2.13. The monoisotopic (exact) mass is 481 g/mol. The average molecular weight is 483 g/mol. The summed E-state index contributed by atoms with van der Waals surface area (Å²) in [6, 6.07) is 8.19. The van der Waals surface area contributed by atoms with Crippen molar-refractivity contribution < 1.29 is 19.1 Å². The van der Waals surface area contributed by atoms with Gasteiger partial charge in [-0.05, 0) is 53.2 Å². The molecule has 5 nitrogen and oxygen atoms in total. The van der Waals surface area contributed by atoms with Gasteiger partial charge < -0.3 is 9.47 Å². The summed E-state index contributed by atoms with van der Waals surface area (Å²) in [5.74, 6) is 2.60. The number of carbonyl (C=O) groups excluding carboxylic acids is 2. The number of terminal acetylenes is 1. The smallest absolute Gasteiger partial charge is 0.293 e. The summed E-state index contributed by atoms with van der Waals surface area (Å²) in [7, 11) is 1.46. The van der Waals surface area contributed by atoms with Crippen LogP contribution in [0.4, 0.5) is 4.79 Å². The fourth-order valence-corrected chi connectivity index (χ4v) is 4.12. The molecule has 1 aliphatic rings. The van der Waals surface area contributed by atoms with Crippen molar-refractivity contribution in [2.24, 2.45) is 0 Å². The molecular formula is C21H14Cl3NO4S. The number of benzene rings is 2. The number of nitrogens with zero attached hydrogens (tertiary/aromatic N) is 1. The number of amides is 2. The zero-order valence-electron chi connectivity index (χ0n) is 15.6. The van der Waals surface area contributed by atoms with Crippen LogP contribution >= 0.6 is 46.6 Å². The molecule has 0 spiro atoms. The van der Waals surface area contributed by atoms with Gasteiger partial charge in [0.05, 0.1) is 33.6 Å². The molecule has 0 aliphatic carbocycles. The largest absolute Gasteiger partial charge is 0.493 e. The van der Waals surface area contributed by atoms with Crippen LogP contribution in [-0.2, 0) is 11.3 Å². The lowest BCUT2D eigenvalue weighted by atomic mass is 10.1. The number of thioether (sulfide) groups is 1. The molecule has 0 N–H and O–H groups in total. The van der Waals surface area contributed by atoms with Crippen LogP contribution in [0.3, 0.4) is 0 Å².